The topological polar surface area (TPSA) is 69.6 Å². The van der Waals surface area contributed by atoms with Gasteiger partial charge < -0.3 is 5.73 Å². The number of hydrogen-bond donors (Lipinski definition) is 1. The molecule has 0 fully saturated rings. The Kier molecular flexibility index (Phi) is 3.09. The summed E-state index contributed by atoms with van der Waals surface area (Å²) in [5.74, 6) is -1.72. The molecular formula is C14H11F2N5. The Morgan fingerprint density at radius 2 is 1.86 bits per heavy atom. The van der Waals surface area contributed by atoms with Gasteiger partial charge in [-0.05, 0) is 41.1 Å². The summed E-state index contributed by atoms with van der Waals surface area (Å²) in [6, 6.07) is 9.15. The van der Waals surface area contributed by atoms with Crippen molar-refractivity contribution in [2.24, 2.45) is 0 Å². The highest BCUT2D eigenvalue weighted by Gasteiger charge is 2.19. The van der Waals surface area contributed by atoms with Crippen molar-refractivity contribution in [3.63, 3.8) is 0 Å². The van der Waals surface area contributed by atoms with Crippen molar-refractivity contribution in [1.82, 2.24) is 20.2 Å². The van der Waals surface area contributed by atoms with Gasteiger partial charge in [-0.2, -0.15) is 4.68 Å². The van der Waals surface area contributed by atoms with Gasteiger partial charge in [0.25, 0.3) is 0 Å². The first kappa shape index (κ1) is 13.2. The maximum absolute atomic E-state index is 13.9. The minimum absolute atomic E-state index is 0.0716. The van der Waals surface area contributed by atoms with Crippen LogP contribution in [0.5, 0.6) is 0 Å². The third-order valence-corrected chi connectivity index (χ3v) is 3.16. The van der Waals surface area contributed by atoms with E-state index in [0.717, 1.165) is 16.3 Å². The van der Waals surface area contributed by atoms with Crippen LogP contribution in [0.2, 0.25) is 0 Å². The second-order valence-corrected chi connectivity index (χ2v) is 4.53. The summed E-state index contributed by atoms with van der Waals surface area (Å²) in [6.45, 7) is 1.84. The molecule has 1 aromatic heterocycles. The van der Waals surface area contributed by atoms with Gasteiger partial charge in [0, 0.05) is 11.3 Å². The first-order valence-corrected chi connectivity index (χ1v) is 6.18. The Labute approximate surface area is 119 Å². The Bertz CT molecular complexity index is 793. The van der Waals surface area contributed by atoms with Crippen LogP contribution >= 0.6 is 0 Å². The van der Waals surface area contributed by atoms with E-state index in [1.54, 1.807) is 12.1 Å². The van der Waals surface area contributed by atoms with Gasteiger partial charge in [-0.15, -0.1) is 5.10 Å². The predicted octanol–water partition coefficient (Wildman–Crippen LogP) is 2.50. The molecule has 0 spiro atoms. The van der Waals surface area contributed by atoms with E-state index in [0.29, 0.717) is 11.3 Å². The van der Waals surface area contributed by atoms with E-state index in [2.05, 4.69) is 15.5 Å². The second-order valence-electron chi connectivity index (χ2n) is 4.53. The molecule has 0 saturated heterocycles. The number of rotatable bonds is 2. The lowest BCUT2D eigenvalue weighted by molar-refractivity contribution is 0.501. The van der Waals surface area contributed by atoms with Gasteiger partial charge in [-0.1, -0.05) is 18.2 Å². The molecule has 0 aliphatic rings. The summed E-state index contributed by atoms with van der Waals surface area (Å²) < 4.78 is 28.5. The van der Waals surface area contributed by atoms with Crippen LogP contribution in [0.1, 0.15) is 5.56 Å². The Morgan fingerprint density at radius 1 is 1.10 bits per heavy atom. The number of hydrogen-bond acceptors (Lipinski definition) is 4. The fourth-order valence-corrected chi connectivity index (χ4v) is 2.16. The molecule has 0 bridgehead atoms. The van der Waals surface area contributed by atoms with Gasteiger partial charge in [0.05, 0.1) is 0 Å². The molecule has 0 radical (unpaired) electrons. The third-order valence-electron chi connectivity index (χ3n) is 3.16. The van der Waals surface area contributed by atoms with E-state index in [1.165, 1.54) is 12.1 Å². The molecular weight excluding hydrogens is 276 g/mol. The van der Waals surface area contributed by atoms with E-state index < -0.39 is 11.6 Å². The standard InChI is InChI=1S/C14H11F2N5/c1-8-4-2-6-10(17)12(8)14-18-19-20-21(14)11-7-3-5-9(15)13(11)16/h2-7H,17H2,1H3. The normalized spacial score (nSPS) is 10.8. The van der Waals surface area contributed by atoms with E-state index in [9.17, 15) is 8.78 Å². The Hall–Kier alpha value is -2.83. The van der Waals surface area contributed by atoms with Gasteiger partial charge >= 0.3 is 0 Å². The van der Waals surface area contributed by atoms with Crippen LogP contribution in [0.15, 0.2) is 36.4 Å². The number of nitrogens with zero attached hydrogens (tertiary/aromatic N) is 4. The number of tetrazole rings is 1. The molecule has 0 unspecified atom stereocenters. The number of aryl methyl sites for hydroxylation is 1. The minimum Gasteiger partial charge on any atom is -0.398 e. The summed E-state index contributed by atoms with van der Waals surface area (Å²) >= 11 is 0. The largest absolute Gasteiger partial charge is 0.398 e. The maximum Gasteiger partial charge on any atom is 0.189 e. The quantitative estimate of drug-likeness (QED) is 0.735. The van der Waals surface area contributed by atoms with Gasteiger partial charge in [0.15, 0.2) is 17.5 Å². The summed E-state index contributed by atoms with van der Waals surface area (Å²) in [6.07, 6.45) is 0. The Morgan fingerprint density at radius 3 is 2.62 bits per heavy atom. The molecule has 0 aliphatic heterocycles. The molecule has 21 heavy (non-hydrogen) atoms. The van der Waals surface area contributed by atoms with Crippen LogP contribution in [0, 0.1) is 18.6 Å². The number of halogens is 2. The van der Waals surface area contributed by atoms with Crippen molar-refractivity contribution < 1.29 is 8.78 Å². The highest BCUT2D eigenvalue weighted by atomic mass is 19.2. The number of aromatic nitrogens is 4. The van der Waals surface area contributed by atoms with E-state index in [-0.39, 0.29) is 11.5 Å². The lowest BCUT2D eigenvalue weighted by Crippen LogP contribution is -2.06. The fourth-order valence-electron chi connectivity index (χ4n) is 2.16. The van der Waals surface area contributed by atoms with Crippen LogP contribution in [-0.2, 0) is 0 Å². The first-order chi connectivity index (χ1) is 10.1. The lowest BCUT2D eigenvalue weighted by Gasteiger charge is -2.10. The molecule has 5 nitrogen and oxygen atoms in total. The molecule has 2 aromatic carbocycles. The molecule has 3 rings (SSSR count). The van der Waals surface area contributed by atoms with Crippen molar-refractivity contribution in [1.29, 1.82) is 0 Å². The molecule has 106 valence electrons. The zero-order chi connectivity index (χ0) is 15.0. The SMILES string of the molecule is Cc1cccc(N)c1-c1nnnn1-c1cccc(F)c1F. The highest BCUT2D eigenvalue weighted by Crippen LogP contribution is 2.29. The molecule has 0 aliphatic carbocycles. The predicted molar refractivity (Wildman–Crippen MR) is 73.7 cm³/mol. The van der Waals surface area contributed by atoms with Crippen molar-refractivity contribution in [3.8, 4) is 17.1 Å². The fraction of sp³-hybridized carbons (Fsp3) is 0.0714. The van der Waals surface area contributed by atoms with Crippen LogP contribution < -0.4 is 5.73 Å². The second kappa shape index (κ2) is 4.93. The molecule has 0 atom stereocenters. The first-order valence-electron chi connectivity index (χ1n) is 6.18. The van der Waals surface area contributed by atoms with Gasteiger partial charge in [0.2, 0.25) is 0 Å². The summed E-state index contributed by atoms with van der Waals surface area (Å²) in [7, 11) is 0. The van der Waals surface area contributed by atoms with Crippen molar-refractivity contribution in [2.75, 3.05) is 5.73 Å². The van der Waals surface area contributed by atoms with Gasteiger partial charge in [-0.25, -0.2) is 8.78 Å². The summed E-state index contributed by atoms with van der Waals surface area (Å²) in [4.78, 5) is 0. The zero-order valence-corrected chi connectivity index (χ0v) is 11.1. The number of anilines is 1. The molecule has 2 N–H and O–H groups in total. The maximum atomic E-state index is 13.9. The average Bonchev–Trinajstić information content (AvgIpc) is 2.91. The minimum atomic E-state index is -1.02. The van der Waals surface area contributed by atoms with Crippen LogP contribution in [0.25, 0.3) is 17.1 Å². The smallest absolute Gasteiger partial charge is 0.189 e. The number of nitrogen functional groups attached to an aromatic ring is 1. The van der Waals surface area contributed by atoms with Crippen LogP contribution in [-0.4, -0.2) is 20.2 Å². The van der Waals surface area contributed by atoms with E-state index >= 15 is 0 Å². The number of benzene rings is 2. The van der Waals surface area contributed by atoms with Crippen LogP contribution in [0.3, 0.4) is 0 Å². The summed E-state index contributed by atoms with van der Waals surface area (Å²) in [5.41, 5.74) is 7.77. The van der Waals surface area contributed by atoms with Crippen molar-refractivity contribution in [3.05, 3.63) is 53.6 Å². The number of nitrogens with two attached hydrogens (primary N) is 1. The Balaban J connectivity index is 2.25. The molecule has 0 amide bonds. The summed E-state index contributed by atoms with van der Waals surface area (Å²) in [5, 5.41) is 11.2. The monoisotopic (exact) mass is 287 g/mol. The van der Waals surface area contributed by atoms with Gasteiger partial charge in [-0.3, -0.25) is 0 Å². The zero-order valence-electron chi connectivity index (χ0n) is 11.1. The third kappa shape index (κ3) is 2.12. The van der Waals surface area contributed by atoms with Crippen molar-refractivity contribution >= 4 is 5.69 Å². The molecule has 0 saturated carbocycles. The van der Waals surface area contributed by atoms with Crippen LogP contribution in [0.4, 0.5) is 14.5 Å². The molecule has 1 heterocycles. The van der Waals surface area contributed by atoms with Gasteiger partial charge in [0.1, 0.15) is 5.69 Å². The van der Waals surface area contributed by atoms with E-state index in [4.69, 9.17) is 5.73 Å². The molecule has 3 aromatic rings. The lowest BCUT2D eigenvalue weighted by atomic mass is 10.1. The van der Waals surface area contributed by atoms with E-state index in [1.807, 2.05) is 13.0 Å². The van der Waals surface area contributed by atoms with Crippen molar-refractivity contribution in [2.45, 2.75) is 6.92 Å². The molecule has 7 heteroatoms. The average molecular weight is 287 g/mol. The highest BCUT2D eigenvalue weighted by molar-refractivity contribution is 5.75.